The first-order valence-corrected chi connectivity index (χ1v) is 7.10. The molecule has 0 atom stereocenters. The molecule has 0 radical (unpaired) electrons. The molecule has 0 aliphatic carbocycles. The smallest absolute Gasteiger partial charge is 0.306 e. The SMILES string of the molecule is CCOC(=O)CCS(=O)(=O)Nc1nccnc1Cl. The van der Waals surface area contributed by atoms with Gasteiger partial charge in [0.1, 0.15) is 0 Å². The van der Waals surface area contributed by atoms with E-state index < -0.39 is 21.7 Å². The normalized spacial score (nSPS) is 11.0. The molecule has 0 fully saturated rings. The lowest BCUT2D eigenvalue weighted by Gasteiger charge is -2.07. The highest BCUT2D eigenvalue weighted by Gasteiger charge is 2.16. The number of carbonyl (C=O) groups excluding carboxylic acids is 1. The summed E-state index contributed by atoms with van der Waals surface area (Å²) in [6, 6.07) is 0. The first-order chi connectivity index (χ1) is 8.44. The molecule has 0 aromatic carbocycles. The molecular formula is C9H12ClN3O4S. The van der Waals surface area contributed by atoms with Gasteiger partial charge in [-0.25, -0.2) is 18.4 Å². The molecule has 1 aromatic rings. The fraction of sp³-hybridized carbons (Fsp3) is 0.444. The Kier molecular flexibility index (Phi) is 5.29. The summed E-state index contributed by atoms with van der Waals surface area (Å²) in [6.45, 7) is 1.85. The molecule has 0 saturated heterocycles. The van der Waals surface area contributed by atoms with Crippen LogP contribution in [0.25, 0.3) is 0 Å². The van der Waals surface area contributed by atoms with Gasteiger partial charge in [-0.15, -0.1) is 0 Å². The molecule has 100 valence electrons. The molecule has 0 aliphatic heterocycles. The van der Waals surface area contributed by atoms with Crippen molar-refractivity contribution < 1.29 is 17.9 Å². The number of ether oxygens (including phenoxy) is 1. The molecule has 1 heterocycles. The molecule has 0 spiro atoms. The van der Waals surface area contributed by atoms with Gasteiger partial charge in [0.25, 0.3) is 0 Å². The molecular weight excluding hydrogens is 282 g/mol. The van der Waals surface area contributed by atoms with Crippen LogP contribution < -0.4 is 4.72 Å². The second kappa shape index (κ2) is 6.50. The zero-order chi connectivity index (χ0) is 13.6. The van der Waals surface area contributed by atoms with E-state index in [9.17, 15) is 13.2 Å². The highest BCUT2D eigenvalue weighted by Crippen LogP contribution is 2.15. The van der Waals surface area contributed by atoms with Crippen LogP contribution in [0.1, 0.15) is 13.3 Å². The minimum Gasteiger partial charge on any atom is -0.466 e. The highest BCUT2D eigenvalue weighted by atomic mass is 35.5. The van der Waals surface area contributed by atoms with E-state index in [2.05, 4.69) is 19.4 Å². The molecule has 9 heteroatoms. The largest absolute Gasteiger partial charge is 0.466 e. The van der Waals surface area contributed by atoms with Gasteiger partial charge >= 0.3 is 5.97 Å². The lowest BCUT2D eigenvalue weighted by molar-refractivity contribution is -0.142. The van der Waals surface area contributed by atoms with Gasteiger partial charge < -0.3 is 4.74 Å². The predicted molar refractivity (Wildman–Crippen MR) is 65.7 cm³/mol. The van der Waals surface area contributed by atoms with Gasteiger partial charge in [-0.05, 0) is 6.92 Å². The van der Waals surface area contributed by atoms with Crippen LogP contribution >= 0.6 is 11.6 Å². The number of nitrogens with zero attached hydrogens (tertiary/aromatic N) is 2. The summed E-state index contributed by atoms with van der Waals surface area (Å²) < 4.78 is 30.0. The minimum absolute atomic E-state index is 0.0581. The number of rotatable bonds is 6. The van der Waals surface area contributed by atoms with Gasteiger partial charge in [0, 0.05) is 12.4 Å². The maximum atomic E-state index is 11.6. The minimum atomic E-state index is -3.71. The Morgan fingerprint density at radius 3 is 2.72 bits per heavy atom. The summed E-state index contributed by atoms with van der Waals surface area (Å²) in [6.07, 6.45) is 2.40. The van der Waals surface area contributed by atoms with Crippen molar-refractivity contribution in [2.45, 2.75) is 13.3 Å². The summed E-state index contributed by atoms with van der Waals surface area (Å²) in [7, 11) is -3.71. The average Bonchev–Trinajstić information content (AvgIpc) is 2.30. The van der Waals surface area contributed by atoms with Crippen LogP contribution in [-0.2, 0) is 19.6 Å². The molecule has 0 aliphatic rings. The van der Waals surface area contributed by atoms with Crippen LogP contribution in [0.4, 0.5) is 5.82 Å². The molecule has 1 N–H and O–H groups in total. The van der Waals surface area contributed by atoms with Crippen molar-refractivity contribution in [1.82, 2.24) is 9.97 Å². The standard InChI is InChI=1S/C9H12ClN3O4S/c1-2-17-7(14)3-6-18(15,16)13-9-8(10)11-4-5-12-9/h4-5H,2-3,6H2,1H3,(H,12,13). The summed E-state index contributed by atoms with van der Waals surface area (Å²) in [5.74, 6) is -1.05. The number of sulfonamides is 1. The van der Waals surface area contributed by atoms with E-state index in [0.717, 1.165) is 0 Å². The van der Waals surface area contributed by atoms with E-state index in [1.807, 2.05) is 0 Å². The molecule has 0 unspecified atom stereocenters. The van der Waals surface area contributed by atoms with Crippen molar-refractivity contribution in [2.24, 2.45) is 0 Å². The Balaban J connectivity index is 2.60. The highest BCUT2D eigenvalue weighted by molar-refractivity contribution is 7.92. The average molecular weight is 294 g/mol. The fourth-order valence-corrected chi connectivity index (χ4v) is 2.23. The molecule has 0 saturated carbocycles. The van der Waals surface area contributed by atoms with E-state index in [1.165, 1.54) is 12.4 Å². The van der Waals surface area contributed by atoms with E-state index in [1.54, 1.807) is 6.92 Å². The molecule has 0 amide bonds. The van der Waals surface area contributed by atoms with Crippen LogP contribution in [0.5, 0.6) is 0 Å². The van der Waals surface area contributed by atoms with Gasteiger partial charge in [0.05, 0.1) is 18.8 Å². The van der Waals surface area contributed by atoms with Gasteiger partial charge in [-0.2, -0.15) is 0 Å². The third-order valence-corrected chi connectivity index (χ3v) is 3.31. The van der Waals surface area contributed by atoms with Gasteiger partial charge in [-0.3, -0.25) is 9.52 Å². The number of anilines is 1. The number of esters is 1. The van der Waals surface area contributed by atoms with E-state index in [0.29, 0.717) is 0 Å². The summed E-state index contributed by atoms with van der Waals surface area (Å²) >= 11 is 5.65. The van der Waals surface area contributed by atoms with Crippen LogP contribution in [0.15, 0.2) is 12.4 Å². The molecule has 1 rings (SSSR count). The van der Waals surface area contributed by atoms with Crippen LogP contribution in [0, 0.1) is 0 Å². The Morgan fingerprint density at radius 1 is 1.44 bits per heavy atom. The first-order valence-electron chi connectivity index (χ1n) is 5.07. The number of aromatic nitrogens is 2. The molecule has 0 bridgehead atoms. The van der Waals surface area contributed by atoms with Crippen molar-refractivity contribution >= 4 is 33.4 Å². The Labute approximate surface area is 110 Å². The fourth-order valence-electron chi connectivity index (χ4n) is 1.04. The topological polar surface area (TPSA) is 98.2 Å². The quantitative estimate of drug-likeness (QED) is 0.780. The van der Waals surface area contributed by atoms with Crippen LogP contribution in [-0.4, -0.2) is 36.7 Å². The van der Waals surface area contributed by atoms with Gasteiger partial charge in [0.15, 0.2) is 11.0 Å². The van der Waals surface area contributed by atoms with Gasteiger partial charge in [-0.1, -0.05) is 11.6 Å². The second-order valence-electron chi connectivity index (χ2n) is 3.17. The third kappa shape index (κ3) is 4.84. The third-order valence-electron chi connectivity index (χ3n) is 1.79. The summed E-state index contributed by atoms with van der Waals surface area (Å²) in [5.41, 5.74) is 0. The number of halogens is 1. The summed E-state index contributed by atoms with van der Waals surface area (Å²) in [5, 5.41) is -0.0581. The zero-order valence-electron chi connectivity index (χ0n) is 9.59. The van der Waals surface area contributed by atoms with Crippen molar-refractivity contribution in [3.63, 3.8) is 0 Å². The van der Waals surface area contributed by atoms with Gasteiger partial charge in [0.2, 0.25) is 10.0 Å². The zero-order valence-corrected chi connectivity index (χ0v) is 11.2. The summed E-state index contributed by atoms with van der Waals surface area (Å²) in [4.78, 5) is 18.4. The van der Waals surface area contributed by atoms with Crippen molar-refractivity contribution in [2.75, 3.05) is 17.1 Å². The Bertz CT molecular complexity index is 520. The number of nitrogens with one attached hydrogen (secondary N) is 1. The Morgan fingerprint density at radius 2 is 2.11 bits per heavy atom. The molecule has 7 nitrogen and oxygen atoms in total. The number of carbonyl (C=O) groups is 1. The maximum Gasteiger partial charge on any atom is 0.306 e. The second-order valence-corrected chi connectivity index (χ2v) is 5.37. The van der Waals surface area contributed by atoms with Crippen molar-refractivity contribution in [1.29, 1.82) is 0 Å². The van der Waals surface area contributed by atoms with Crippen LogP contribution in [0.3, 0.4) is 0 Å². The lowest BCUT2D eigenvalue weighted by atomic mass is 10.5. The van der Waals surface area contributed by atoms with E-state index >= 15 is 0 Å². The lowest BCUT2D eigenvalue weighted by Crippen LogP contribution is -2.20. The number of hydrogen-bond donors (Lipinski definition) is 1. The first kappa shape index (κ1) is 14.7. The maximum absolute atomic E-state index is 11.6. The monoisotopic (exact) mass is 293 g/mol. The van der Waals surface area contributed by atoms with E-state index in [-0.39, 0.29) is 24.0 Å². The van der Waals surface area contributed by atoms with Crippen molar-refractivity contribution in [3.05, 3.63) is 17.5 Å². The number of hydrogen-bond acceptors (Lipinski definition) is 6. The van der Waals surface area contributed by atoms with Crippen LogP contribution in [0.2, 0.25) is 5.15 Å². The molecule has 18 heavy (non-hydrogen) atoms. The predicted octanol–water partition coefficient (Wildman–Crippen LogP) is 0.825. The molecule has 1 aromatic heterocycles. The van der Waals surface area contributed by atoms with E-state index in [4.69, 9.17) is 11.6 Å². The Hall–Kier alpha value is -1.41. The van der Waals surface area contributed by atoms with Crippen molar-refractivity contribution in [3.8, 4) is 0 Å².